The van der Waals surface area contributed by atoms with Crippen molar-refractivity contribution in [3.63, 3.8) is 0 Å². The predicted molar refractivity (Wildman–Crippen MR) is 74.1 cm³/mol. The van der Waals surface area contributed by atoms with Gasteiger partial charge in [-0.1, -0.05) is 0 Å². The van der Waals surface area contributed by atoms with Gasteiger partial charge in [0.25, 0.3) is 0 Å². The molecule has 2 aliphatic rings. The second kappa shape index (κ2) is 5.12. The molecule has 0 saturated carbocycles. The molecule has 3 rings (SSSR count). The zero-order valence-electron chi connectivity index (χ0n) is 11.2. The largest absolute Gasteiger partial charge is 0.356 e. The Kier molecular flexibility index (Phi) is 3.35. The van der Waals surface area contributed by atoms with Gasteiger partial charge in [0, 0.05) is 31.7 Å². The highest BCUT2D eigenvalue weighted by atomic mass is 15.2. The zero-order valence-corrected chi connectivity index (χ0v) is 11.2. The average molecular weight is 246 g/mol. The van der Waals surface area contributed by atoms with Crippen molar-refractivity contribution < 1.29 is 0 Å². The Labute approximate surface area is 109 Å². The Morgan fingerprint density at radius 1 is 1.00 bits per heavy atom. The van der Waals surface area contributed by atoms with Crippen molar-refractivity contribution in [2.24, 2.45) is 0 Å². The van der Waals surface area contributed by atoms with Crippen LogP contribution in [0.5, 0.6) is 0 Å². The summed E-state index contributed by atoms with van der Waals surface area (Å²) in [7, 11) is 0. The van der Waals surface area contributed by atoms with Crippen molar-refractivity contribution in [2.45, 2.75) is 45.1 Å². The Bertz CT molecular complexity index is 401. The highest BCUT2D eigenvalue weighted by Gasteiger charge is 2.21. The molecule has 2 fully saturated rings. The molecule has 3 heterocycles. The first-order chi connectivity index (χ1) is 8.84. The molecule has 1 atom stereocenters. The van der Waals surface area contributed by atoms with Crippen LogP contribution in [0.4, 0.5) is 11.6 Å². The first-order valence-corrected chi connectivity index (χ1v) is 7.18. The lowest BCUT2D eigenvalue weighted by molar-refractivity contribution is 0.481. The topological polar surface area (TPSA) is 32.3 Å². The van der Waals surface area contributed by atoms with Crippen LogP contribution in [0, 0.1) is 0 Å². The molecule has 0 N–H and O–H groups in total. The van der Waals surface area contributed by atoms with Gasteiger partial charge in [-0.2, -0.15) is 0 Å². The average Bonchev–Trinajstić information content (AvgIpc) is 2.93. The first-order valence-electron chi connectivity index (χ1n) is 7.18. The first kappa shape index (κ1) is 11.8. The van der Waals surface area contributed by atoms with Gasteiger partial charge in [-0.05, 0) is 39.0 Å². The summed E-state index contributed by atoms with van der Waals surface area (Å²) >= 11 is 0. The number of hydrogen-bond acceptors (Lipinski definition) is 4. The number of hydrogen-bond donors (Lipinski definition) is 0. The normalized spacial score (nSPS) is 24.6. The number of piperidine rings is 1. The van der Waals surface area contributed by atoms with E-state index in [1.807, 2.05) is 0 Å². The minimum atomic E-state index is 0.611. The van der Waals surface area contributed by atoms with Gasteiger partial charge in [0.15, 0.2) is 0 Å². The molecular weight excluding hydrogens is 224 g/mol. The van der Waals surface area contributed by atoms with Crippen molar-refractivity contribution in [1.82, 2.24) is 9.97 Å². The van der Waals surface area contributed by atoms with E-state index in [1.54, 1.807) is 6.33 Å². The SMILES string of the molecule is CC1CCCCN1c1cc(N2CCCC2)ncn1. The van der Waals surface area contributed by atoms with Gasteiger partial charge >= 0.3 is 0 Å². The van der Waals surface area contributed by atoms with E-state index in [-0.39, 0.29) is 0 Å². The lowest BCUT2D eigenvalue weighted by Crippen LogP contribution is -2.38. The van der Waals surface area contributed by atoms with E-state index in [2.05, 4.69) is 32.8 Å². The maximum atomic E-state index is 4.47. The fourth-order valence-electron chi connectivity index (χ4n) is 3.05. The summed E-state index contributed by atoms with van der Waals surface area (Å²) in [6, 6.07) is 2.78. The third-order valence-electron chi connectivity index (χ3n) is 4.17. The summed E-state index contributed by atoms with van der Waals surface area (Å²) in [6.07, 6.45) is 8.22. The summed E-state index contributed by atoms with van der Waals surface area (Å²) < 4.78 is 0. The van der Waals surface area contributed by atoms with Gasteiger partial charge in [0.1, 0.15) is 18.0 Å². The third-order valence-corrected chi connectivity index (χ3v) is 4.17. The standard InChI is InChI=1S/C14H22N4/c1-12-6-2-3-9-18(12)14-10-13(15-11-16-14)17-7-4-5-8-17/h10-12H,2-9H2,1H3. The quantitative estimate of drug-likeness (QED) is 0.802. The van der Waals surface area contributed by atoms with Crippen LogP contribution >= 0.6 is 0 Å². The van der Waals surface area contributed by atoms with Gasteiger partial charge in [-0.3, -0.25) is 0 Å². The number of nitrogens with zero attached hydrogens (tertiary/aromatic N) is 4. The molecule has 4 nitrogen and oxygen atoms in total. The second-order valence-corrected chi connectivity index (χ2v) is 5.47. The molecule has 0 aromatic carbocycles. The molecule has 18 heavy (non-hydrogen) atoms. The van der Waals surface area contributed by atoms with E-state index in [0.29, 0.717) is 6.04 Å². The van der Waals surface area contributed by atoms with Crippen LogP contribution in [0.1, 0.15) is 39.0 Å². The summed E-state index contributed by atoms with van der Waals surface area (Å²) in [4.78, 5) is 13.7. The van der Waals surface area contributed by atoms with E-state index < -0.39 is 0 Å². The Hall–Kier alpha value is -1.32. The highest BCUT2D eigenvalue weighted by molar-refractivity contribution is 5.51. The van der Waals surface area contributed by atoms with Crippen LogP contribution in [-0.4, -0.2) is 35.6 Å². The van der Waals surface area contributed by atoms with Crippen molar-refractivity contribution in [3.8, 4) is 0 Å². The van der Waals surface area contributed by atoms with Crippen molar-refractivity contribution in [3.05, 3.63) is 12.4 Å². The van der Waals surface area contributed by atoms with Crippen LogP contribution in [0.2, 0.25) is 0 Å². The van der Waals surface area contributed by atoms with Crippen molar-refractivity contribution in [1.29, 1.82) is 0 Å². The molecule has 2 saturated heterocycles. The number of rotatable bonds is 2. The molecule has 4 heteroatoms. The monoisotopic (exact) mass is 246 g/mol. The maximum Gasteiger partial charge on any atom is 0.134 e. The molecule has 98 valence electrons. The molecular formula is C14H22N4. The fraction of sp³-hybridized carbons (Fsp3) is 0.714. The fourth-order valence-corrected chi connectivity index (χ4v) is 3.05. The minimum absolute atomic E-state index is 0.611. The van der Waals surface area contributed by atoms with Gasteiger partial charge in [0.2, 0.25) is 0 Å². The maximum absolute atomic E-state index is 4.47. The summed E-state index contributed by atoms with van der Waals surface area (Å²) in [5, 5.41) is 0. The van der Waals surface area contributed by atoms with E-state index in [1.165, 1.54) is 32.1 Å². The Morgan fingerprint density at radius 2 is 1.72 bits per heavy atom. The molecule has 2 aliphatic heterocycles. The Morgan fingerprint density at radius 3 is 2.50 bits per heavy atom. The molecule has 0 amide bonds. The zero-order chi connectivity index (χ0) is 12.4. The van der Waals surface area contributed by atoms with Gasteiger partial charge in [-0.25, -0.2) is 9.97 Å². The molecule has 0 bridgehead atoms. The second-order valence-electron chi connectivity index (χ2n) is 5.47. The smallest absolute Gasteiger partial charge is 0.134 e. The lowest BCUT2D eigenvalue weighted by Gasteiger charge is -2.34. The predicted octanol–water partition coefficient (Wildman–Crippen LogP) is 2.46. The molecule has 1 aromatic rings. The van der Waals surface area contributed by atoms with E-state index in [9.17, 15) is 0 Å². The van der Waals surface area contributed by atoms with Gasteiger partial charge in [0.05, 0.1) is 0 Å². The minimum Gasteiger partial charge on any atom is -0.356 e. The molecule has 1 aromatic heterocycles. The third kappa shape index (κ3) is 2.28. The molecule has 0 radical (unpaired) electrons. The Balaban J connectivity index is 1.81. The molecule has 0 spiro atoms. The van der Waals surface area contributed by atoms with Gasteiger partial charge in [-0.15, -0.1) is 0 Å². The van der Waals surface area contributed by atoms with Crippen LogP contribution in [0.25, 0.3) is 0 Å². The highest BCUT2D eigenvalue weighted by Crippen LogP contribution is 2.26. The summed E-state index contributed by atoms with van der Waals surface area (Å²) in [5.41, 5.74) is 0. The number of aromatic nitrogens is 2. The van der Waals surface area contributed by atoms with E-state index >= 15 is 0 Å². The van der Waals surface area contributed by atoms with E-state index in [0.717, 1.165) is 31.3 Å². The van der Waals surface area contributed by atoms with Crippen molar-refractivity contribution in [2.75, 3.05) is 29.4 Å². The number of anilines is 2. The van der Waals surface area contributed by atoms with Crippen molar-refractivity contribution >= 4 is 11.6 Å². The van der Waals surface area contributed by atoms with Crippen LogP contribution in [0.3, 0.4) is 0 Å². The van der Waals surface area contributed by atoms with Crippen LogP contribution < -0.4 is 9.80 Å². The molecule has 0 aliphatic carbocycles. The van der Waals surface area contributed by atoms with E-state index in [4.69, 9.17) is 0 Å². The lowest BCUT2D eigenvalue weighted by atomic mass is 10.0. The van der Waals surface area contributed by atoms with Crippen LogP contribution in [-0.2, 0) is 0 Å². The summed E-state index contributed by atoms with van der Waals surface area (Å²) in [6.45, 7) is 5.73. The molecule has 1 unspecified atom stereocenters. The van der Waals surface area contributed by atoms with Crippen LogP contribution in [0.15, 0.2) is 12.4 Å². The summed E-state index contributed by atoms with van der Waals surface area (Å²) in [5.74, 6) is 2.22. The van der Waals surface area contributed by atoms with Gasteiger partial charge < -0.3 is 9.80 Å².